The fraction of sp³-hybridized carbons (Fsp3) is 0.154. The van der Waals surface area contributed by atoms with E-state index >= 15 is 0 Å². The Morgan fingerprint density at radius 3 is 2.56 bits per heavy atom. The molecule has 2 heterocycles. The number of halogens is 4. The van der Waals surface area contributed by atoms with Crippen LogP contribution in [0, 0.1) is 0 Å². The van der Waals surface area contributed by atoms with Gasteiger partial charge in [-0.05, 0) is 35.9 Å². The molecule has 5 rings (SSSR count). The summed E-state index contributed by atoms with van der Waals surface area (Å²) >= 11 is 3.35. The number of hydrogen-bond donors (Lipinski definition) is 2. The number of hydrogen-bond acceptors (Lipinski definition) is 5. The monoisotopic (exact) mass is 602 g/mol. The van der Waals surface area contributed by atoms with Gasteiger partial charge < -0.3 is 14.8 Å². The molecule has 1 aromatic heterocycles. The number of nitrogens with one attached hydrogen (secondary N) is 1. The van der Waals surface area contributed by atoms with Crippen LogP contribution in [0.1, 0.15) is 27.0 Å². The van der Waals surface area contributed by atoms with Crippen LogP contribution in [0.15, 0.2) is 71.2 Å². The molecule has 0 saturated carbocycles. The van der Waals surface area contributed by atoms with E-state index < -0.39 is 29.9 Å². The van der Waals surface area contributed by atoms with Gasteiger partial charge in [0, 0.05) is 28.2 Å². The van der Waals surface area contributed by atoms with Gasteiger partial charge in [-0.25, -0.2) is 14.6 Å². The molecule has 13 heteroatoms. The molecule has 1 atom stereocenters. The van der Waals surface area contributed by atoms with Crippen LogP contribution < -0.4 is 4.90 Å². The summed E-state index contributed by atoms with van der Waals surface area (Å²) in [5.41, 5.74) is -1.06. The number of carbonyl (C=O) groups is 3. The second-order valence-corrected chi connectivity index (χ2v) is 9.65. The average molecular weight is 603 g/mol. The molecule has 2 amide bonds. The lowest BCUT2D eigenvalue weighted by Crippen LogP contribution is -2.49. The first-order valence-electron chi connectivity index (χ1n) is 11.3. The summed E-state index contributed by atoms with van der Waals surface area (Å²) in [4.78, 5) is 46.4. The van der Waals surface area contributed by atoms with Crippen LogP contribution in [-0.2, 0) is 21.8 Å². The zero-order chi connectivity index (χ0) is 28.1. The Morgan fingerprint density at radius 2 is 1.87 bits per heavy atom. The topological polar surface area (TPSA) is 116 Å². The third-order valence-corrected chi connectivity index (χ3v) is 6.81. The Bertz CT molecular complexity index is 1640. The molecule has 0 radical (unpaired) electrons. The number of aromatic nitrogens is 2. The molecule has 0 fully saturated rings. The van der Waals surface area contributed by atoms with Crippen molar-refractivity contribution in [2.24, 2.45) is 0 Å². The van der Waals surface area contributed by atoms with E-state index in [2.05, 4.69) is 25.9 Å². The number of H-pyrrole nitrogens is 1. The van der Waals surface area contributed by atoms with E-state index in [0.717, 1.165) is 9.80 Å². The van der Waals surface area contributed by atoms with Crippen LogP contribution in [0.4, 0.5) is 23.9 Å². The van der Waals surface area contributed by atoms with Crippen LogP contribution >= 0.6 is 15.9 Å². The van der Waals surface area contributed by atoms with Gasteiger partial charge in [0.25, 0.3) is 5.91 Å². The molecule has 2 N–H and O–H groups in total. The Kier molecular flexibility index (Phi) is 6.33. The number of carboxylic acid groups (broad SMARTS) is 1. The second-order valence-electron chi connectivity index (χ2n) is 8.73. The molecule has 1 aliphatic heterocycles. The van der Waals surface area contributed by atoms with Gasteiger partial charge in [0.05, 0.1) is 17.6 Å². The number of amides is 2. The molecule has 0 saturated heterocycles. The number of alkyl halides is 3. The first-order valence-corrected chi connectivity index (χ1v) is 12.1. The van der Waals surface area contributed by atoms with E-state index in [1.165, 1.54) is 43.4 Å². The highest BCUT2D eigenvalue weighted by molar-refractivity contribution is 9.10. The summed E-state index contributed by atoms with van der Waals surface area (Å²) < 4.78 is 46.9. The van der Waals surface area contributed by atoms with Crippen LogP contribution in [0.5, 0.6) is 0 Å². The van der Waals surface area contributed by atoms with Gasteiger partial charge in [-0.2, -0.15) is 13.2 Å². The number of aromatic amines is 1. The van der Waals surface area contributed by atoms with Crippen LogP contribution in [0.25, 0.3) is 11.0 Å². The lowest BCUT2D eigenvalue weighted by Gasteiger charge is -2.39. The molecule has 0 aliphatic carbocycles. The Balaban J connectivity index is 1.75. The molecule has 1 unspecified atom stereocenters. The number of imidazole rings is 1. The van der Waals surface area contributed by atoms with Crippen molar-refractivity contribution >= 4 is 50.9 Å². The maximum atomic E-state index is 13.7. The van der Waals surface area contributed by atoms with E-state index in [-0.39, 0.29) is 34.7 Å². The predicted molar refractivity (Wildman–Crippen MR) is 136 cm³/mol. The zero-order valence-electron chi connectivity index (χ0n) is 20.0. The van der Waals surface area contributed by atoms with Gasteiger partial charge in [0.2, 0.25) is 11.7 Å². The summed E-state index contributed by atoms with van der Waals surface area (Å²) in [5.74, 6) is -3.16. The van der Waals surface area contributed by atoms with Gasteiger partial charge >= 0.3 is 18.2 Å². The molecular weight excluding hydrogens is 585 g/mol. The van der Waals surface area contributed by atoms with E-state index in [1.807, 2.05) is 0 Å². The minimum Gasteiger partial charge on any atom is -0.465 e. The maximum absolute atomic E-state index is 13.7. The number of ether oxygens (including phenoxy) is 1. The van der Waals surface area contributed by atoms with Gasteiger partial charge in [-0.1, -0.05) is 52.3 Å². The number of carbonyl (C=O) groups excluding carboxylic acids is 2. The molecule has 200 valence electrons. The van der Waals surface area contributed by atoms with Crippen molar-refractivity contribution in [1.29, 1.82) is 0 Å². The van der Waals surface area contributed by atoms with Crippen molar-refractivity contribution in [3.05, 3.63) is 93.5 Å². The quantitative estimate of drug-likeness (QED) is 0.295. The van der Waals surface area contributed by atoms with Crippen LogP contribution in [0.2, 0.25) is 0 Å². The number of esters is 1. The van der Waals surface area contributed by atoms with Crippen molar-refractivity contribution in [3.63, 3.8) is 0 Å². The minimum absolute atomic E-state index is 0.0223. The zero-order valence-corrected chi connectivity index (χ0v) is 21.6. The third-order valence-electron chi connectivity index (χ3n) is 6.31. The minimum atomic E-state index is -5.36. The van der Waals surface area contributed by atoms with Gasteiger partial charge in [-0.15, -0.1) is 0 Å². The normalized spacial score (nSPS) is 16.8. The fourth-order valence-corrected chi connectivity index (χ4v) is 4.98. The number of fused-ring (bicyclic) bond motifs is 2. The Morgan fingerprint density at radius 1 is 1.13 bits per heavy atom. The summed E-state index contributed by atoms with van der Waals surface area (Å²) in [5, 5.41) is 9.29. The Hall–Kier alpha value is -4.39. The summed E-state index contributed by atoms with van der Waals surface area (Å²) in [7, 11) is 1.26. The number of rotatable bonds is 5. The van der Waals surface area contributed by atoms with Gasteiger partial charge in [0.1, 0.15) is 0 Å². The lowest BCUT2D eigenvalue weighted by atomic mass is 9.92. The first kappa shape index (κ1) is 26.2. The van der Waals surface area contributed by atoms with E-state index in [4.69, 9.17) is 4.74 Å². The van der Waals surface area contributed by atoms with Gasteiger partial charge in [-0.3, -0.25) is 14.6 Å². The SMILES string of the molecule is CN(C(=O)O)c1nc2ccc(C3(OC(=O)C(F)(F)F)c4ccccc4C(=O)N3Cc3cccc(Br)c3)cc2[nH]1. The summed E-state index contributed by atoms with van der Waals surface area (Å²) in [6.07, 6.45) is -6.65. The van der Waals surface area contributed by atoms with E-state index in [1.54, 1.807) is 30.3 Å². The highest BCUT2D eigenvalue weighted by atomic mass is 79.9. The molecule has 9 nitrogen and oxygen atoms in total. The van der Waals surface area contributed by atoms with Crippen LogP contribution in [-0.4, -0.2) is 51.2 Å². The predicted octanol–water partition coefficient (Wildman–Crippen LogP) is 5.40. The summed E-state index contributed by atoms with van der Waals surface area (Å²) in [6, 6.07) is 17.0. The fourth-order valence-electron chi connectivity index (χ4n) is 4.53. The number of nitrogens with zero attached hydrogens (tertiary/aromatic N) is 3. The molecular formula is C26H18BrF3N4O5. The lowest BCUT2D eigenvalue weighted by molar-refractivity contribution is -0.222. The largest absolute Gasteiger partial charge is 0.491 e. The molecule has 39 heavy (non-hydrogen) atoms. The van der Waals surface area contributed by atoms with E-state index in [9.17, 15) is 32.7 Å². The number of benzene rings is 3. The molecule has 3 aromatic carbocycles. The Labute approximate surface area is 226 Å². The highest BCUT2D eigenvalue weighted by Gasteiger charge is 2.57. The third kappa shape index (κ3) is 4.48. The highest BCUT2D eigenvalue weighted by Crippen LogP contribution is 2.47. The molecule has 4 aromatic rings. The molecule has 1 aliphatic rings. The van der Waals surface area contributed by atoms with Crippen LogP contribution in [0.3, 0.4) is 0 Å². The molecule has 0 spiro atoms. The van der Waals surface area contributed by atoms with E-state index in [0.29, 0.717) is 15.6 Å². The van der Waals surface area contributed by atoms with Gasteiger partial charge in [0.15, 0.2) is 0 Å². The average Bonchev–Trinajstić information content (AvgIpc) is 3.41. The standard InChI is InChI=1S/C26H18BrF3N4O5/c1-33(24(37)38)23-31-19-10-9-15(12-20(19)32-23)25(39-22(36)26(28,29)30)18-8-3-2-7-17(18)21(35)34(25)13-14-5-4-6-16(27)11-14/h2-12H,13H2,1H3,(H,31,32)(H,37,38). The van der Waals surface area contributed by atoms with Crippen molar-refractivity contribution in [3.8, 4) is 0 Å². The smallest absolute Gasteiger partial charge is 0.465 e. The van der Waals surface area contributed by atoms with Crippen molar-refractivity contribution in [2.45, 2.75) is 18.4 Å². The molecule has 0 bridgehead atoms. The first-order chi connectivity index (χ1) is 18.4. The number of anilines is 1. The van der Waals surface area contributed by atoms with Crippen molar-refractivity contribution in [1.82, 2.24) is 14.9 Å². The van der Waals surface area contributed by atoms with Crippen molar-refractivity contribution in [2.75, 3.05) is 11.9 Å². The second kappa shape index (κ2) is 9.42. The van der Waals surface area contributed by atoms with Crippen molar-refractivity contribution < 1.29 is 37.4 Å². The summed E-state index contributed by atoms with van der Waals surface area (Å²) in [6.45, 7) is -0.202. The maximum Gasteiger partial charge on any atom is 0.491 e.